The van der Waals surface area contributed by atoms with Gasteiger partial charge in [0.05, 0.1) is 12.5 Å². The number of nitrogens with one attached hydrogen (secondary N) is 1. The average Bonchev–Trinajstić information content (AvgIpc) is 2.78. The molecule has 0 spiro atoms. The van der Waals surface area contributed by atoms with Crippen molar-refractivity contribution in [3.8, 4) is 5.75 Å². The van der Waals surface area contributed by atoms with E-state index in [1.807, 2.05) is 44.2 Å². The van der Waals surface area contributed by atoms with Gasteiger partial charge in [-0.1, -0.05) is 25.1 Å². The molecule has 114 valence electrons. The molecule has 1 aliphatic rings. The number of likely N-dealkylation sites (tertiary alicyclic amines) is 1. The standard InChI is InChI=1S/C16H22N2O3/c1-3-12(2)18-15(19)11-14(16(18)20)17-9-10-21-13-7-5-4-6-8-13/h4-8,12,14,17H,3,9-11H2,1-2H3. The lowest BCUT2D eigenvalue weighted by Gasteiger charge is -2.21. The number of amides is 2. The highest BCUT2D eigenvalue weighted by Crippen LogP contribution is 2.17. The van der Waals surface area contributed by atoms with E-state index >= 15 is 0 Å². The molecule has 1 aliphatic heterocycles. The Morgan fingerprint density at radius 2 is 2.05 bits per heavy atom. The van der Waals surface area contributed by atoms with Crippen molar-refractivity contribution in [1.82, 2.24) is 10.2 Å². The number of imide groups is 1. The summed E-state index contributed by atoms with van der Waals surface area (Å²) in [6, 6.07) is 9.07. The smallest absolute Gasteiger partial charge is 0.247 e. The molecule has 5 heteroatoms. The lowest BCUT2D eigenvalue weighted by atomic mass is 10.2. The van der Waals surface area contributed by atoms with Gasteiger partial charge in [-0.3, -0.25) is 14.5 Å². The number of hydrogen-bond acceptors (Lipinski definition) is 4. The summed E-state index contributed by atoms with van der Waals surface area (Å²) in [6.45, 7) is 4.87. The van der Waals surface area contributed by atoms with E-state index in [0.29, 0.717) is 13.2 Å². The number of para-hydroxylation sites is 1. The summed E-state index contributed by atoms with van der Waals surface area (Å²) < 4.78 is 5.55. The fourth-order valence-electron chi connectivity index (χ4n) is 2.37. The molecule has 1 heterocycles. The van der Waals surface area contributed by atoms with E-state index in [1.165, 1.54) is 4.90 Å². The van der Waals surface area contributed by atoms with E-state index in [1.54, 1.807) is 0 Å². The van der Waals surface area contributed by atoms with Crippen molar-refractivity contribution in [1.29, 1.82) is 0 Å². The predicted molar refractivity (Wildman–Crippen MR) is 80.0 cm³/mol. The summed E-state index contributed by atoms with van der Waals surface area (Å²) in [6.07, 6.45) is 1.02. The number of benzene rings is 1. The first-order valence-electron chi connectivity index (χ1n) is 7.40. The summed E-state index contributed by atoms with van der Waals surface area (Å²) in [5.74, 6) is 0.597. The molecule has 1 saturated heterocycles. The molecule has 1 N–H and O–H groups in total. The molecule has 0 aromatic heterocycles. The van der Waals surface area contributed by atoms with Crippen molar-refractivity contribution in [2.45, 2.75) is 38.8 Å². The van der Waals surface area contributed by atoms with Crippen molar-refractivity contribution in [3.05, 3.63) is 30.3 Å². The monoisotopic (exact) mass is 290 g/mol. The lowest BCUT2D eigenvalue weighted by Crippen LogP contribution is -2.43. The molecule has 0 aliphatic carbocycles. The number of carbonyl (C=O) groups is 2. The van der Waals surface area contributed by atoms with Crippen molar-refractivity contribution in [2.24, 2.45) is 0 Å². The molecule has 21 heavy (non-hydrogen) atoms. The topological polar surface area (TPSA) is 58.6 Å². The van der Waals surface area contributed by atoms with Gasteiger partial charge < -0.3 is 10.1 Å². The molecule has 5 nitrogen and oxygen atoms in total. The van der Waals surface area contributed by atoms with Crippen LogP contribution in [0.5, 0.6) is 5.75 Å². The second kappa shape index (κ2) is 7.22. The van der Waals surface area contributed by atoms with Crippen LogP contribution in [0.2, 0.25) is 0 Å². The predicted octanol–water partition coefficient (Wildman–Crippen LogP) is 1.58. The van der Waals surface area contributed by atoms with E-state index < -0.39 is 6.04 Å². The summed E-state index contributed by atoms with van der Waals surface area (Å²) >= 11 is 0. The van der Waals surface area contributed by atoms with E-state index in [-0.39, 0.29) is 24.3 Å². The van der Waals surface area contributed by atoms with Crippen LogP contribution >= 0.6 is 0 Å². The zero-order valence-corrected chi connectivity index (χ0v) is 12.5. The average molecular weight is 290 g/mol. The maximum atomic E-state index is 12.2. The molecular formula is C16H22N2O3. The van der Waals surface area contributed by atoms with Crippen LogP contribution in [0.1, 0.15) is 26.7 Å². The Hall–Kier alpha value is -1.88. The Morgan fingerprint density at radius 1 is 1.33 bits per heavy atom. The molecule has 0 radical (unpaired) electrons. The van der Waals surface area contributed by atoms with Crippen LogP contribution in [-0.4, -0.2) is 41.9 Å². The zero-order chi connectivity index (χ0) is 15.2. The van der Waals surface area contributed by atoms with Crippen molar-refractivity contribution >= 4 is 11.8 Å². The SMILES string of the molecule is CCC(C)N1C(=O)CC(NCCOc2ccccc2)C1=O. The number of ether oxygens (including phenoxy) is 1. The summed E-state index contributed by atoms with van der Waals surface area (Å²) in [4.78, 5) is 25.5. The normalized spacial score (nSPS) is 19.9. The van der Waals surface area contributed by atoms with E-state index in [0.717, 1.165) is 12.2 Å². The van der Waals surface area contributed by atoms with Crippen LogP contribution in [0.25, 0.3) is 0 Å². The molecule has 0 bridgehead atoms. The minimum absolute atomic E-state index is 0.0302. The van der Waals surface area contributed by atoms with Crippen LogP contribution in [0, 0.1) is 0 Å². The van der Waals surface area contributed by atoms with Crippen molar-refractivity contribution in [3.63, 3.8) is 0 Å². The third-order valence-electron chi connectivity index (χ3n) is 3.72. The van der Waals surface area contributed by atoms with Gasteiger partial charge in [0.1, 0.15) is 12.4 Å². The van der Waals surface area contributed by atoms with E-state index in [4.69, 9.17) is 4.74 Å². The highest BCUT2D eigenvalue weighted by molar-refractivity contribution is 6.05. The fraction of sp³-hybridized carbons (Fsp3) is 0.500. The molecule has 0 saturated carbocycles. The van der Waals surface area contributed by atoms with E-state index in [9.17, 15) is 9.59 Å². The highest BCUT2D eigenvalue weighted by Gasteiger charge is 2.40. The van der Waals surface area contributed by atoms with Crippen LogP contribution in [0.15, 0.2) is 30.3 Å². The molecule has 2 amide bonds. The van der Waals surface area contributed by atoms with Crippen molar-refractivity contribution < 1.29 is 14.3 Å². The van der Waals surface area contributed by atoms with Crippen LogP contribution in [0.3, 0.4) is 0 Å². The Kier molecular flexibility index (Phi) is 5.33. The second-order valence-corrected chi connectivity index (χ2v) is 5.23. The molecule has 2 atom stereocenters. The van der Waals surface area contributed by atoms with Crippen LogP contribution in [0.4, 0.5) is 0 Å². The minimum Gasteiger partial charge on any atom is -0.492 e. The van der Waals surface area contributed by atoms with Gasteiger partial charge in [-0.15, -0.1) is 0 Å². The highest BCUT2D eigenvalue weighted by atomic mass is 16.5. The third kappa shape index (κ3) is 3.82. The van der Waals surface area contributed by atoms with Gasteiger partial charge in [0.15, 0.2) is 0 Å². The molecule has 1 fully saturated rings. The van der Waals surface area contributed by atoms with E-state index in [2.05, 4.69) is 5.32 Å². The number of rotatable bonds is 7. The molecule has 1 aromatic carbocycles. The Morgan fingerprint density at radius 3 is 2.71 bits per heavy atom. The van der Waals surface area contributed by atoms with Gasteiger partial charge >= 0.3 is 0 Å². The Bertz CT molecular complexity index is 490. The number of carbonyl (C=O) groups excluding carboxylic acids is 2. The van der Waals surface area contributed by atoms with Crippen LogP contribution in [-0.2, 0) is 9.59 Å². The van der Waals surface area contributed by atoms with Gasteiger partial charge in [0.2, 0.25) is 11.8 Å². The Balaban J connectivity index is 1.77. The summed E-state index contributed by atoms with van der Waals surface area (Å²) in [5, 5.41) is 3.10. The van der Waals surface area contributed by atoms with Gasteiger partial charge in [-0.25, -0.2) is 0 Å². The molecular weight excluding hydrogens is 268 g/mol. The molecule has 2 rings (SSSR count). The maximum absolute atomic E-state index is 12.2. The third-order valence-corrected chi connectivity index (χ3v) is 3.72. The quantitative estimate of drug-likeness (QED) is 0.612. The summed E-state index contributed by atoms with van der Waals surface area (Å²) in [5.41, 5.74) is 0. The Labute approximate surface area is 125 Å². The molecule has 2 unspecified atom stereocenters. The molecule has 1 aromatic rings. The first-order valence-corrected chi connectivity index (χ1v) is 7.40. The first-order chi connectivity index (χ1) is 10.1. The fourth-order valence-corrected chi connectivity index (χ4v) is 2.37. The van der Waals surface area contributed by atoms with Crippen molar-refractivity contribution in [2.75, 3.05) is 13.2 Å². The van der Waals surface area contributed by atoms with Gasteiger partial charge in [-0.2, -0.15) is 0 Å². The maximum Gasteiger partial charge on any atom is 0.247 e. The van der Waals surface area contributed by atoms with Gasteiger partial charge in [0.25, 0.3) is 0 Å². The van der Waals surface area contributed by atoms with Crippen LogP contribution < -0.4 is 10.1 Å². The van der Waals surface area contributed by atoms with Gasteiger partial charge in [0, 0.05) is 12.6 Å². The second-order valence-electron chi connectivity index (χ2n) is 5.23. The summed E-state index contributed by atoms with van der Waals surface area (Å²) in [7, 11) is 0. The largest absolute Gasteiger partial charge is 0.492 e. The number of nitrogens with zero attached hydrogens (tertiary/aromatic N) is 1. The lowest BCUT2D eigenvalue weighted by molar-refractivity contribution is -0.141. The minimum atomic E-state index is -0.411. The van der Waals surface area contributed by atoms with Gasteiger partial charge in [-0.05, 0) is 25.5 Å². The number of hydrogen-bond donors (Lipinski definition) is 1. The zero-order valence-electron chi connectivity index (χ0n) is 12.5. The first kappa shape index (κ1) is 15.5.